The van der Waals surface area contributed by atoms with Gasteiger partial charge in [0.1, 0.15) is 0 Å². The van der Waals surface area contributed by atoms with Gasteiger partial charge in [-0.3, -0.25) is 0 Å². The molecule has 0 spiro atoms. The van der Waals surface area contributed by atoms with Crippen LogP contribution in [0.25, 0.3) is 11.0 Å². The lowest BCUT2D eigenvalue weighted by molar-refractivity contribution is 0.510. The van der Waals surface area contributed by atoms with Crippen LogP contribution < -0.4 is 15.5 Å². The molecule has 1 aliphatic heterocycles. The van der Waals surface area contributed by atoms with E-state index >= 15 is 0 Å². The zero-order valence-electron chi connectivity index (χ0n) is 12.1. The van der Waals surface area contributed by atoms with Crippen molar-refractivity contribution in [3.63, 3.8) is 0 Å². The van der Waals surface area contributed by atoms with Crippen molar-refractivity contribution in [1.82, 2.24) is 15.3 Å². The predicted octanol–water partition coefficient (Wildman–Crippen LogP) is 1.89. The number of hydrogen-bond acceptors (Lipinski definition) is 5. The molecule has 0 bridgehead atoms. The van der Waals surface area contributed by atoms with E-state index in [9.17, 15) is 8.78 Å². The van der Waals surface area contributed by atoms with Crippen molar-refractivity contribution < 1.29 is 8.78 Å². The molecule has 1 saturated heterocycles. The monoisotopic (exact) mass is 305 g/mol. The number of nitrogens with one attached hydrogen (secondary N) is 2. The van der Waals surface area contributed by atoms with Gasteiger partial charge in [0, 0.05) is 44.4 Å². The molecule has 1 aromatic heterocycles. The van der Waals surface area contributed by atoms with Crippen molar-refractivity contribution in [2.24, 2.45) is 0 Å². The second-order valence-corrected chi connectivity index (χ2v) is 5.81. The Bertz CT molecular complexity index is 711. The average molecular weight is 305 g/mol. The molecule has 1 saturated carbocycles. The van der Waals surface area contributed by atoms with Gasteiger partial charge in [0.15, 0.2) is 23.3 Å². The van der Waals surface area contributed by atoms with Crippen molar-refractivity contribution in [3.05, 3.63) is 23.8 Å². The molecule has 4 rings (SSSR count). The zero-order chi connectivity index (χ0) is 15.1. The van der Waals surface area contributed by atoms with Crippen molar-refractivity contribution in [2.75, 3.05) is 36.4 Å². The fraction of sp³-hybridized carbons (Fsp3) is 0.467. The van der Waals surface area contributed by atoms with Crippen LogP contribution in [0.4, 0.5) is 20.4 Å². The fourth-order valence-corrected chi connectivity index (χ4v) is 2.66. The van der Waals surface area contributed by atoms with Crippen LogP contribution in [0.3, 0.4) is 0 Å². The Balaban J connectivity index is 1.81. The standard InChI is InChI=1S/C15H17F2N5/c16-10-7-12-13(8-11(10)17)21-15(22-5-3-18-4-6-22)14(20-12)19-9-1-2-9/h7-9,18H,1-6H2,(H,19,20). The molecule has 2 aromatic rings. The first-order valence-electron chi connectivity index (χ1n) is 7.60. The van der Waals surface area contributed by atoms with E-state index in [2.05, 4.69) is 25.5 Å². The summed E-state index contributed by atoms with van der Waals surface area (Å²) in [6.45, 7) is 3.40. The molecule has 2 aliphatic rings. The molecule has 0 unspecified atom stereocenters. The Morgan fingerprint density at radius 1 is 1.05 bits per heavy atom. The lowest BCUT2D eigenvalue weighted by Gasteiger charge is -2.29. The highest BCUT2D eigenvalue weighted by molar-refractivity contribution is 5.81. The first-order chi connectivity index (χ1) is 10.7. The van der Waals surface area contributed by atoms with Gasteiger partial charge in [-0.25, -0.2) is 18.7 Å². The summed E-state index contributed by atoms with van der Waals surface area (Å²) in [6, 6.07) is 2.64. The third kappa shape index (κ3) is 2.56. The number of fused-ring (bicyclic) bond motifs is 1. The van der Waals surface area contributed by atoms with Crippen molar-refractivity contribution in [3.8, 4) is 0 Å². The number of anilines is 2. The molecule has 2 fully saturated rings. The van der Waals surface area contributed by atoms with Gasteiger partial charge in [-0.15, -0.1) is 0 Å². The van der Waals surface area contributed by atoms with Crippen molar-refractivity contribution >= 4 is 22.7 Å². The molecule has 5 nitrogen and oxygen atoms in total. The Morgan fingerprint density at radius 2 is 1.68 bits per heavy atom. The number of rotatable bonds is 3. The molecule has 2 N–H and O–H groups in total. The average Bonchev–Trinajstić information content (AvgIpc) is 3.33. The van der Waals surface area contributed by atoms with Gasteiger partial charge in [-0.1, -0.05) is 0 Å². The molecule has 1 aromatic carbocycles. The summed E-state index contributed by atoms with van der Waals surface area (Å²) in [4.78, 5) is 11.2. The van der Waals surface area contributed by atoms with Crippen molar-refractivity contribution in [1.29, 1.82) is 0 Å². The maximum Gasteiger partial charge on any atom is 0.172 e. The molecule has 7 heteroatoms. The summed E-state index contributed by atoms with van der Waals surface area (Å²) in [5.74, 6) is -0.389. The number of halogens is 2. The van der Waals surface area contributed by atoms with E-state index in [-0.39, 0.29) is 0 Å². The maximum absolute atomic E-state index is 13.5. The summed E-state index contributed by atoms with van der Waals surface area (Å²) in [6.07, 6.45) is 2.22. The van der Waals surface area contributed by atoms with E-state index < -0.39 is 11.6 Å². The largest absolute Gasteiger partial charge is 0.364 e. The van der Waals surface area contributed by atoms with Gasteiger partial charge in [0.05, 0.1) is 11.0 Å². The lowest BCUT2D eigenvalue weighted by Crippen LogP contribution is -2.44. The molecule has 0 radical (unpaired) electrons. The van der Waals surface area contributed by atoms with E-state index in [1.165, 1.54) is 0 Å². The second-order valence-electron chi connectivity index (χ2n) is 5.81. The van der Waals surface area contributed by atoms with Crippen LogP contribution in [-0.2, 0) is 0 Å². The lowest BCUT2D eigenvalue weighted by atomic mass is 10.2. The third-order valence-corrected chi connectivity index (χ3v) is 4.02. The molecular formula is C15H17F2N5. The molecule has 1 aliphatic carbocycles. The molecular weight excluding hydrogens is 288 g/mol. The summed E-state index contributed by atoms with van der Waals surface area (Å²) < 4.78 is 26.9. The Hall–Kier alpha value is -2.02. The highest BCUT2D eigenvalue weighted by Gasteiger charge is 2.26. The second kappa shape index (κ2) is 5.31. The number of piperazine rings is 1. The van der Waals surface area contributed by atoms with Crippen LogP contribution in [0.15, 0.2) is 12.1 Å². The summed E-state index contributed by atoms with van der Waals surface area (Å²) in [5.41, 5.74) is 0.759. The summed E-state index contributed by atoms with van der Waals surface area (Å²) in [5, 5.41) is 6.65. The number of benzene rings is 1. The molecule has 0 amide bonds. The molecule has 116 valence electrons. The highest BCUT2D eigenvalue weighted by atomic mass is 19.2. The third-order valence-electron chi connectivity index (χ3n) is 4.02. The number of aromatic nitrogens is 2. The van der Waals surface area contributed by atoms with Crippen LogP contribution in [0.2, 0.25) is 0 Å². The Labute approximate surface area is 126 Å². The normalized spacial score (nSPS) is 18.7. The summed E-state index contributed by atoms with van der Waals surface area (Å²) in [7, 11) is 0. The van der Waals surface area contributed by atoms with E-state index in [1.54, 1.807) is 0 Å². The smallest absolute Gasteiger partial charge is 0.172 e. The Morgan fingerprint density at radius 3 is 2.32 bits per heavy atom. The Kier molecular flexibility index (Phi) is 3.29. The van der Waals surface area contributed by atoms with E-state index in [4.69, 9.17) is 0 Å². The minimum atomic E-state index is -0.894. The van der Waals surface area contributed by atoms with Gasteiger partial charge in [0.25, 0.3) is 0 Å². The maximum atomic E-state index is 13.5. The fourth-order valence-electron chi connectivity index (χ4n) is 2.66. The van der Waals surface area contributed by atoms with Gasteiger partial charge in [0.2, 0.25) is 0 Å². The number of nitrogens with zero attached hydrogens (tertiary/aromatic N) is 3. The number of hydrogen-bond donors (Lipinski definition) is 2. The van der Waals surface area contributed by atoms with Gasteiger partial charge >= 0.3 is 0 Å². The van der Waals surface area contributed by atoms with Crippen LogP contribution in [0.5, 0.6) is 0 Å². The SMILES string of the molecule is Fc1cc2nc(NC3CC3)c(N3CCNCC3)nc2cc1F. The van der Waals surface area contributed by atoms with Crippen molar-refractivity contribution in [2.45, 2.75) is 18.9 Å². The topological polar surface area (TPSA) is 53.1 Å². The minimum Gasteiger partial charge on any atom is -0.364 e. The van der Waals surface area contributed by atoms with E-state index in [1.807, 2.05) is 0 Å². The zero-order valence-corrected chi connectivity index (χ0v) is 12.1. The van der Waals surface area contributed by atoms with Gasteiger partial charge < -0.3 is 15.5 Å². The first-order valence-corrected chi connectivity index (χ1v) is 7.60. The van der Waals surface area contributed by atoms with Crippen LogP contribution >= 0.6 is 0 Å². The van der Waals surface area contributed by atoms with E-state index in [0.29, 0.717) is 22.9 Å². The molecule has 2 heterocycles. The van der Waals surface area contributed by atoms with Gasteiger partial charge in [-0.2, -0.15) is 0 Å². The van der Waals surface area contributed by atoms with Crippen LogP contribution in [0, 0.1) is 11.6 Å². The van der Waals surface area contributed by atoms with Crippen LogP contribution in [-0.4, -0.2) is 42.2 Å². The van der Waals surface area contributed by atoms with Crippen LogP contribution in [0.1, 0.15) is 12.8 Å². The quantitative estimate of drug-likeness (QED) is 0.907. The predicted molar refractivity (Wildman–Crippen MR) is 81.2 cm³/mol. The molecule has 0 atom stereocenters. The first kappa shape index (κ1) is 13.6. The van der Waals surface area contributed by atoms with E-state index in [0.717, 1.165) is 57.0 Å². The minimum absolute atomic E-state index is 0.376. The summed E-state index contributed by atoms with van der Waals surface area (Å²) >= 11 is 0. The highest BCUT2D eigenvalue weighted by Crippen LogP contribution is 2.31. The van der Waals surface area contributed by atoms with Gasteiger partial charge in [-0.05, 0) is 12.8 Å². The molecule has 22 heavy (non-hydrogen) atoms.